The smallest absolute Gasteiger partial charge is 0.329 e. The Labute approximate surface area is 70.0 Å². The first kappa shape index (κ1) is 8.06. The van der Waals surface area contributed by atoms with Crippen LogP contribution < -0.4 is 17.0 Å². The van der Waals surface area contributed by atoms with Crippen LogP contribution in [-0.2, 0) is 7.05 Å². The Kier molecular flexibility index (Phi) is 1.86. The molecule has 0 fully saturated rings. The Morgan fingerprint density at radius 3 is 2.64 bits per heavy atom. The summed E-state index contributed by atoms with van der Waals surface area (Å²) >= 11 is 2.94. The van der Waals surface area contributed by atoms with Crippen LogP contribution in [0.15, 0.2) is 14.1 Å². The maximum absolute atomic E-state index is 11.0. The number of rotatable bonds is 0. The molecule has 1 heterocycles. The van der Waals surface area contributed by atoms with E-state index in [0.29, 0.717) is 0 Å². The van der Waals surface area contributed by atoms with Gasteiger partial charge in [0, 0.05) is 7.05 Å². The molecule has 0 aliphatic heterocycles. The molecule has 0 atom stereocenters. The number of anilines is 1. The SMILES string of the molecule is Cn1c(=O)[nH]c(N)c(Br)c1=O. The number of nitrogens with two attached hydrogens (primary N) is 1. The maximum Gasteiger partial charge on any atom is 0.329 e. The number of nitrogens with one attached hydrogen (secondary N) is 1. The lowest BCUT2D eigenvalue weighted by Crippen LogP contribution is -2.33. The highest BCUT2D eigenvalue weighted by atomic mass is 79.9. The minimum Gasteiger partial charge on any atom is -0.384 e. The van der Waals surface area contributed by atoms with E-state index in [2.05, 4.69) is 20.9 Å². The lowest BCUT2D eigenvalue weighted by Gasteiger charge is -1.98. The molecule has 0 saturated carbocycles. The van der Waals surface area contributed by atoms with Crippen LogP contribution in [0, 0.1) is 0 Å². The molecule has 1 rings (SSSR count). The molecule has 0 aromatic carbocycles. The van der Waals surface area contributed by atoms with Crippen LogP contribution in [0.3, 0.4) is 0 Å². The summed E-state index contributed by atoms with van der Waals surface area (Å²) in [6.45, 7) is 0. The first-order chi connectivity index (χ1) is 5.04. The topological polar surface area (TPSA) is 80.9 Å². The van der Waals surface area contributed by atoms with Crippen molar-refractivity contribution >= 4 is 21.7 Å². The Bertz CT molecular complexity index is 392. The highest BCUT2D eigenvalue weighted by molar-refractivity contribution is 9.10. The zero-order valence-corrected chi connectivity index (χ0v) is 7.31. The standard InChI is InChI=1S/C5H6BrN3O2/c1-9-4(10)2(6)3(7)8-5(9)11/h7H2,1H3,(H,8,11). The highest BCUT2D eigenvalue weighted by Crippen LogP contribution is 2.06. The van der Waals surface area contributed by atoms with E-state index in [9.17, 15) is 9.59 Å². The second-order valence-electron chi connectivity index (χ2n) is 2.02. The van der Waals surface area contributed by atoms with Crippen LogP contribution in [0.5, 0.6) is 0 Å². The van der Waals surface area contributed by atoms with Crippen molar-refractivity contribution in [2.45, 2.75) is 0 Å². The van der Waals surface area contributed by atoms with Gasteiger partial charge in [0.1, 0.15) is 10.3 Å². The summed E-state index contributed by atoms with van der Waals surface area (Å²) in [6.07, 6.45) is 0. The number of hydrogen-bond acceptors (Lipinski definition) is 3. The van der Waals surface area contributed by atoms with Gasteiger partial charge in [-0.15, -0.1) is 0 Å². The molecule has 0 aliphatic carbocycles. The van der Waals surface area contributed by atoms with Crippen molar-refractivity contribution in [3.8, 4) is 0 Å². The number of nitrogen functional groups attached to an aromatic ring is 1. The van der Waals surface area contributed by atoms with Crippen molar-refractivity contribution < 1.29 is 0 Å². The van der Waals surface area contributed by atoms with Gasteiger partial charge in [-0.2, -0.15) is 0 Å². The number of H-pyrrole nitrogens is 1. The monoisotopic (exact) mass is 219 g/mol. The molecule has 6 heteroatoms. The van der Waals surface area contributed by atoms with Crippen molar-refractivity contribution in [1.29, 1.82) is 0 Å². The van der Waals surface area contributed by atoms with Gasteiger partial charge in [-0.05, 0) is 15.9 Å². The van der Waals surface area contributed by atoms with Crippen LogP contribution in [-0.4, -0.2) is 9.55 Å². The molecule has 11 heavy (non-hydrogen) atoms. The molecule has 0 radical (unpaired) electrons. The summed E-state index contributed by atoms with van der Waals surface area (Å²) in [5.74, 6) is 0.0538. The molecule has 1 aromatic rings. The van der Waals surface area contributed by atoms with Gasteiger partial charge in [-0.1, -0.05) is 0 Å². The second-order valence-corrected chi connectivity index (χ2v) is 2.81. The third-order valence-electron chi connectivity index (χ3n) is 1.28. The molecule has 5 nitrogen and oxygen atoms in total. The van der Waals surface area contributed by atoms with Crippen LogP contribution in [0.2, 0.25) is 0 Å². The van der Waals surface area contributed by atoms with Gasteiger partial charge in [-0.25, -0.2) is 4.79 Å². The van der Waals surface area contributed by atoms with E-state index in [0.717, 1.165) is 4.57 Å². The highest BCUT2D eigenvalue weighted by Gasteiger charge is 2.04. The van der Waals surface area contributed by atoms with Gasteiger partial charge in [0.2, 0.25) is 0 Å². The van der Waals surface area contributed by atoms with E-state index in [1.165, 1.54) is 7.05 Å². The summed E-state index contributed by atoms with van der Waals surface area (Å²) in [4.78, 5) is 24.1. The Morgan fingerprint density at radius 2 is 2.09 bits per heavy atom. The van der Waals surface area contributed by atoms with Crippen molar-refractivity contribution in [3.05, 3.63) is 25.3 Å². The van der Waals surface area contributed by atoms with Gasteiger partial charge in [0.25, 0.3) is 5.56 Å². The molecule has 3 N–H and O–H groups in total. The summed E-state index contributed by atoms with van der Waals surface area (Å²) in [5.41, 5.74) is 4.32. The molecular weight excluding hydrogens is 214 g/mol. The predicted octanol–water partition coefficient (Wildman–Crippen LogP) is -0.582. The number of nitrogens with zero attached hydrogens (tertiary/aromatic N) is 1. The number of aromatic nitrogens is 2. The normalized spacial score (nSPS) is 10.0. The van der Waals surface area contributed by atoms with Gasteiger partial charge in [-0.3, -0.25) is 14.3 Å². The average Bonchev–Trinajstić information content (AvgIpc) is 1.97. The van der Waals surface area contributed by atoms with Crippen molar-refractivity contribution in [1.82, 2.24) is 9.55 Å². The molecule has 0 aliphatic rings. The molecule has 0 bridgehead atoms. The fraction of sp³-hybridized carbons (Fsp3) is 0.200. The van der Waals surface area contributed by atoms with Gasteiger partial charge in [0.15, 0.2) is 0 Å². The lowest BCUT2D eigenvalue weighted by molar-refractivity contribution is 0.773. The average molecular weight is 220 g/mol. The minimum absolute atomic E-state index is 0.0538. The Hall–Kier alpha value is -1.04. The second kappa shape index (κ2) is 2.54. The van der Waals surface area contributed by atoms with Crippen LogP contribution in [0.4, 0.5) is 5.82 Å². The zero-order valence-electron chi connectivity index (χ0n) is 5.72. The van der Waals surface area contributed by atoms with Crippen molar-refractivity contribution in [2.24, 2.45) is 7.05 Å². The van der Waals surface area contributed by atoms with E-state index in [1.54, 1.807) is 0 Å². The molecule has 1 aromatic heterocycles. The van der Waals surface area contributed by atoms with E-state index in [1.807, 2.05) is 0 Å². The fourth-order valence-corrected chi connectivity index (χ4v) is 0.974. The van der Waals surface area contributed by atoms with E-state index >= 15 is 0 Å². The van der Waals surface area contributed by atoms with Crippen LogP contribution >= 0.6 is 15.9 Å². The summed E-state index contributed by atoms with van der Waals surface area (Å²) in [6, 6.07) is 0. The third-order valence-corrected chi connectivity index (χ3v) is 2.04. The fourth-order valence-electron chi connectivity index (χ4n) is 0.609. The zero-order chi connectivity index (χ0) is 8.59. The Balaban J connectivity index is 3.74. The first-order valence-electron chi connectivity index (χ1n) is 2.78. The van der Waals surface area contributed by atoms with E-state index in [-0.39, 0.29) is 10.3 Å². The molecule has 0 spiro atoms. The van der Waals surface area contributed by atoms with Gasteiger partial charge >= 0.3 is 5.69 Å². The van der Waals surface area contributed by atoms with Crippen LogP contribution in [0.1, 0.15) is 0 Å². The molecular formula is C5H6BrN3O2. The number of hydrogen-bond donors (Lipinski definition) is 2. The lowest BCUT2D eigenvalue weighted by atomic mass is 10.6. The quantitative estimate of drug-likeness (QED) is 0.613. The summed E-state index contributed by atoms with van der Waals surface area (Å²) < 4.78 is 1.11. The molecule has 0 amide bonds. The summed E-state index contributed by atoms with van der Waals surface area (Å²) in [7, 11) is 1.37. The van der Waals surface area contributed by atoms with Crippen LogP contribution in [0.25, 0.3) is 0 Å². The molecule has 0 unspecified atom stereocenters. The summed E-state index contributed by atoms with van der Waals surface area (Å²) in [5, 5.41) is 0. The number of aromatic amines is 1. The van der Waals surface area contributed by atoms with E-state index < -0.39 is 11.2 Å². The van der Waals surface area contributed by atoms with Crippen molar-refractivity contribution in [3.63, 3.8) is 0 Å². The minimum atomic E-state index is -0.518. The molecule has 60 valence electrons. The van der Waals surface area contributed by atoms with Gasteiger partial charge in [0.05, 0.1) is 0 Å². The maximum atomic E-state index is 11.0. The first-order valence-corrected chi connectivity index (χ1v) is 3.57. The van der Waals surface area contributed by atoms with E-state index in [4.69, 9.17) is 5.73 Å². The predicted molar refractivity (Wildman–Crippen MR) is 44.4 cm³/mol. The largest absolute Gasteiger partial charge is 0.384 e. The van der Waals surface area contributed by atoms with Gasteiger partial charge < -0.3 is 5.73 Å². The molecule has 0 saturated heterocycles. The number of halogens is 1. The third kappa shape index (κ3) is 1.21. The Morgan fingerprint density at radius 1 is 1.55 bits per heavy atom. The van der Waals surface area contributed by atoms with Crippen molar-refractivity contribution in [2.75, 3.05) is 5.73 Å².